The summed E-state index contributed by atoms with van der Waals surface area (Å²) in [5.74, 6) is 1.77. The Labute approximate surface area is 98.5 Å². The third-order valence-electron chi connectivity index (χ3n) is 3.20. The van der Waals surface area contributed by atoms with Gasteiger partial charge in [-0.15, -0.1) is 0 Å². The van der Waals surface area contributed by atoms with Crippen LogP contribution in [-0.2, 0) is 13.0 Å². The van der Waals surface area contributed by atoms with Crippen LogP contribution in [0, 0.1) is 5.92 Å². The van der Waals surface area contributed by atoms with Gasteiger partial charge in [0.05, 0.1) is 0 Å². The van der Waals surface area contributed by atoms with Crippen molar-refractivity contribution in [1.29, 1.82) is 0 Å². The van der Waals surface area contributed by atoms with Gasteiger partial charge in [0, 0.05) is 19.0 Å². The first-order valence-corrected chi connectivity index (χ1v) is 6.26. The van der Waals surface area contributed by atoms with Gasteiger partial charge in [0.15, 0.2) is 0 Å². The molecule has 92 valence electrons. The third-order valence-corrected chi connectivity index (χ3v) is 3.20. The maximum atomic E-state index is 4.33. The maximum Gasteiger partial charge on any atom is 0.138 e. The Bertz CT molecular complexity index is 295. The zero-order valence-electron chi connectivity index (χ0n) is 10.9. The lowest BCUT2D eigenvalue weighted by atomic mass is 9.94. The molecule has 1 aromatic heterocycles. The predicted molar refractivity (Wildman–Crippen MR) is 66.3 cm³/mol. The molecule has 1 heterocycles. The summed E-state index contributed by atoms with van der Waals surface area (Å²) in [5.41, 5.74) is 0. The Hall–Kier alpha value is -0.900. The van der Waals surface area contributed by atoms with Gasteiger partial charge in [-0.25, -0.2) is 4.98 Å². The molecule has 2 atom stereocenters. The topological polar surface area (TPSA) is 42.7 Å². The summed E-state index contributed by atoms with van der Waals surface area (Å²) in [7, 11) is 2.03. The number of aromatic nitrogens is 3. The molecule has 16 heavy (non-hydrogen) atoms. The summed E-state index contributed by atoms with van der Waals surface area (Å²) in [5, 5.41) is 7.60. The zero-order chi connectivity index (χ0) is 12.0. The fourth-order valence-corrected chi connectivity index (χ4v) is 2.15. The van der Waals surface area contributed by atoms with E-state index in [1.54, 1.807) is 6.33 Å². The van der Waals surface area contributed by atoms with Crippen LogP contribution >= 0.6 is 0 Å². The summed E-state index contributed by atoms with van der Waals surface area (Å²) in [4.78, 5) is 4.33. The molecule has 0 saturated carbocycles. The summed E-state index contributed by atoms with van der Waals surface area (Å²) < 4.78 is 1.98. The van der Waals surface area contributed by atoms with E-state index in [1.165, 1.54) is 12.8 Å². The summed E-state index contributed by atoms with van der Waals surface area (Å²) in [6.45, 7) is 7.53. The number of aryl methyl sites for hydroxylation is 1. The number of hydrogen-bond acceptors (Lipinski definition) is 3. The molecule has 0 amide bonds. The Balaban J connectivity index is 2.62. The third kappa shape index (κ3) is 3.30. The Kier molecular flexibility index (Phi) is 5.46. The van der Waals surface area contributed by atoms with Gasteiger partial charge in [-0.3, -0.25) is 4.68 Å². The van der Waals surface area contributed by atoms with Crippen molar-refractivity contribution in [2.24, 2.45) is 5.92 Å². The molecule has 4 nitrogen and oxygen atoms in total. The molecule has 0 aliphatic rings. The van der Waals surface area contributed by atoms with E-state index in [0.717, 1.165) is 18.8 Å². The average molecular weight is 224 g/mol. The fraction of sp³-hybridized carbons (Fsp3) is 0.833. The van der Waals surface area contributed by atoms with Gasteiger partial charge in [0.25, 0.3) is 0 Å². The van der Waals surface area contributed by atoms with Crippen LogP contribution in [0.1, 0.15) is 39.4 Å². The first kappa shape index (κ1) is 13.2. The van der Waals surface area contributed by atoms with Crippen LogP contribution in [-0.4, -0.2) is 27.9 Å². The second-order valence-electron chi connectivity index (χ2n) is 4.36. The molecule has 0 aliphatic carbocycles. The lowest BCUT2D eigenvalue weighted by Gasteiger charge is -2.22. The van der Waals surface area contributed by atoms with E-state index >= 15 is 0 Å². The van der Waals surface area contributed by atoms with E-state index in [4.69, 9.17) is 0 Å². The Morgan fingerprint density at radius 3 is 2.75 bits per heavy atom. The second-order valence-corrected chi connectivity index (χ2v) is 4.36. The van der Waals surface area contributed by atoms with Crippen molar-refractivity contribution in [3.8, 4) is 0 Å². The van der Waals surface area contributed by atoms with Gasteiger partial charge in [-0.05, 0) is 26.3 Å². The number of nitrogens with zero attached hydrogens (tertiary/aromatic N) is 3. The van der Waals surface area contributed by atoms with E-state index in [2.05, 4.69) is 36.2 Å². The van der Waals surface area contributed by atoms with Crippen LogP contribution in [0.5, 0.6) is 0 Å². The molecule has 4 heteroatoms. The minimum Gasteiger partial charge on any atom is -0.316 e. The molecule has 0 bridgehead atoms. The molecule has 2 unspecified atom stereocenters. The summed E-state index contributed by atoms with van der Waals surface area (Å²) in [6.07, 6.45) is 5.10. The molecular formula is C12H24N4. The first-order valence-electron chi connectivity index (χ1n) is 6.26. The van der Waals surface area contributed by atoms with E-state index < -0.39 is 0 Å². The van der Waals surface area contributed by atoms with Crippen molar-refractivity contribution < 1.29 is 0 Å². The maximum absolute atomic E-state index is 4.33. The van der Waals surface area contributed by atoms with Gasteiger partial charge in [-0.2, -0.15) is 5.10 Å². The molecule has 0 fully saturated rings. The van der Waals surface area contributed by atoms with Crippen LogP contribution in [0.25, 0.3) is 0 Å². The largest absolute Gasteiger partial charge is 0.316 e. The standard InChI is InChI=1S/C12H24N4/c1-5-7-10(3)11(13-4)8-12-14-9-15-16(12)6-2/h9-11,13H,5-8H2,1-4H3. The van der Waals surface area contributed by atoms with Crippen molar-refractivity contribution in [3.05, 3.63) is 12.2 Å². The van der Waals surface area contributed by atoms with Crippen LogP contribution in [0.4, 0.5) is 0 Å². The van der Waals surface area contributed by atoms with Crippen molar-refractivity contribution in [2.75, 3.05) is 7.05 Å². The average Bonchev–Trinajstić information content (AvgIpc) is 2.73. The van der Waals surface area contributed by atoms with Crippen molar-refractivity contribution in [1.82, 2.24) is 20.1 Å². The van der Waals surface area contributed by atoms with Gasteiger partial charge in [0.2, 0.25) is 0 Å². The molecule has 0 aromatic carbocycles. The quantitative estimate of drug-likeness (QED) is 0.769. The zero-order valence-corrected chi connectivity index (χ0v) is 10.9. The van der Waals surface area contributed by atoms with Crippen LogP contribution in [0.15, 0.2) is 6.33 Å². The molecular weight excluding hydrogens is 200 g/mol. The minimum absolute atomic E-state index is 0.495. The molecule has 1 rings (SSSR count). The van der Waals surface area contributed by atoms with Gasteiger partial charge in [-0.1, -0.05) is 20.3 Å². The van der Waals surface area contributed by atoms with Gasteiger partial charge in [0.1, 0.15) is 12.2 Å². The minimum atomic E-state index is 0.495. The molecule has 0 saturated heterocycles. The SMILES string of the molecule is CCCC(C)C(Cc1ncnn1CC)NC. The molecule has 0 aliphatic heterocycles. The predicted octanol–water partition coefficient (Wildman–Crippen LogP) is 1.86. The lowest BCUT2D eigenvalue weighted by Crippen LogP contribution is -2.35. The highest BCUT2D eigenvalue weighted by atomic mass is 15.3. The molecule has 1 aromatic rings. The normalized spacial score (nSPS) is 15.0. The summed E-state index contributed by atoms with van der Waals surface area (Å²) in [6, 6.07) is 0.495. The lowest BCUT2D eigenvalue weighted by molar-refractivity contribution is 0.361. The van der Waals surface area contributed by atoms with E-state index in [0.29, 0.717) is 12.0 Å². The van der Waals surface area contributed by atoms with Crippen molar-refractivity contribution >= 4 is 0 Å². The van der Waals surface area contributed by atoms with Gasteiger partial charge >= 0.3 is 0 Å². The number of rotatable bonds is 7. The van der Waals surface area contributed by atoms with E-state index in [1.807, 2.05) is 11.7 Å². The Morgan fingerprint density at radius 2 is 2.19 bits per heavy atom. The highest BCUT2D eigenvalue weighted by Crippen LogP contribution is 2.14. The van der Waals surface area contributed by atoms with E-state index in [-0.39, 0.29) is 0 Å². The number of likely N-dealkylation sites (N-methyl/N-ethyl adjacent to an activating group) is 1. The van der Waals surface area contributed by atoms with E-state index in [9.17, 15) is 0 Å². The number of hydrogen-bond donors (Lipinski definition) is 1. The molecule has 0 spiro atoms. The van der Waals surface area contributed by atoms with Crippen LogP contribution in [0.3, 0.4) is 0 Å². The highest BCUT2D eigenvalue weighted by Gasteiger charge is 2.17. The van der Waals surface area contributed by atoms with Gasteiger partial charge < -0.3 is 5.32 Å². The second kappa shape index (κ2) is 6.63. The highest BCUT2D eigenvalue weighted by molar-refractivity contribution is 4.91. The number of nitrogens with one attached hydrogen (secondary N) is 1. The van der Waals surface area contributed by atoms with Crippen LogP contribution < -0.4 is 5.32 Å². The first-order chi connectivity index (χ1) is 7.72. The smallest absolute Gasteiger partial charge is 0.138 e. The van der Waals surface area contributed by atoms with Crippen LogP contribution in [0.2, 0.25) is 0 Å². The fourth-order valence-electron chi connectivity index (χ4n) is 2.15. The Morgan fingerprint density at radius 1 is 1.44 bits per heavy atom. The molecule has 1 N–H and O–H groups in total. The summed E-state index contributed by atoms with van der Waals surface area (Å²) >= 11 is 0. The molecule has 0 radical (unpaired) electrons. The van der Waals surface area contributed by atoms with Crippen molar-refractivity contribution in [2.45, 2.75) is 52.6 Å². The monoisotopic (exact) mass is 224 g/mol. The van der Waals surface area contributed by atoms with Crippen molar-refractivity contribution in [3.63, 3.8) is 0 Å².